The largest absolute Gasteiger partial charge is 0.479 e. The van der Waals surface area contributed by atoms with Crippen LogP contribution in [0.2, 0.25) is 0 Å². The van der Waals surface area contributed by atoms with E-state index in [1.54, 1.807) is 6.07 Å². The summed E-state index contributed by atoms with van der Waals surface area (Å²) in [4.78, 5) is 11.2. The topological polar surface area (TPSA) is 57.5 Å². The van der Waals surface area contributed by atoms with Gasteiger partial charge < -0.3 is 10.2 Å². The fourth-order valence-corrected chi connectivity index (χ4v) is 1.78. The maximum atomic E-state index is 12.8. The summed E-state index contributed by atoms with van der Waals surface area (Å²) in [5, 5.41) is 18.0. The highest BCUT2D eigenvalue weighted by Crippen LogP contribution is 2.23. The molecule has 3 nitrogen and oxygen atoms in total. The van der Waals surface area contributed by atoms with Gasteiger partial charge in [0.05, 0.1) is 0 Å². The van der Waals surface area contributed by atoms with Gasteiger partial charge in [-0.05, 0) is 25.1 Å². The third-order valence-corrected chi connectivity index (χ3v) is 3.07. The van der Waals surface area contributed by atoms with Crippen LogP contribution < -0.4 is 0 Å². The molecule has 1 atom stereocenters. The molecule has 0 radical (unpaired) electrons. The quantitative estimate of drug-likeness (QED) is 0.774. The van der Waals surface area contributed by atoms with Gasteiger partial charge in [0, 0.05) is 10.6 Å². The van der Waals surface area contributed by atoms with E-state index < -0.39 is 11.6 Å². The summed E-state index contributed by atoms with van der Waals surface area (Å²) in [5.74, 6) is -1.69. The molecule has 82 valence electrons. The first kappa shape index (κ1) is 12.0. The van der Waals surface area contributed by atoms with Crippen LogP contribution in [0.4, 0.5) is 4.39 Å². The number of carboxylic acids is 1. The first-order valence-corrected chi connectivity index (χ1v) is 5.24. The van der Waals surface area contributed by atoms with Gasteiger partial charge in [0.1, 0.15) is 5.82 Å². The lowest BCUT2D eigenvalue weighted by Crippen LogP contribution is -2.37. The summed E-state index contributed by atoms with van der Waals surface area (Å²) >= 11 is 1.10. The molecular formula is C10H11FO3S. The summed E-state index contributed by atoms with van der Waals surface area (Å²) in [6, 6.07) is 5.79. The molecule has 0 aliphatic carbocycles. The zero-order valence-corrected chi connectivity index (χ0v) is 8.92. The van der Waals surface area contributed by atoms with Gasteiger partial charge in [-0.25, -0.2) is 9.18 Å². The number of benzene rings is 1. The highest BCUT2D eigenvalue weighted by molar-refractivity contribution is 7.99. The van der Waals surface area contributed by atoms with E-state index in [1.165, 1.54) is 25.1 Å². The monoisotopic (exact) mass is 230 g/mol. The predicted molar refractivity (Wildman–Crippen MR) is 55.4 cm³/mol. The van der Waals surface area contributed by atoms with Gasteiger partial charge in [-0.15, -0.1) is 11.8 Å². The van der Waals surface area contributed by atoms with Crippen molar-refractivity contribution in [2.24, 2.45) is 0 Å². The molecule has 0 aromatic heterocycles. The van der Waals surface area contributed by atoms with Gasteiger partial charge in [0.25, 0.3) is 0 Å². The van der Waals surface area contributed by atoms with E-state index in [9.17, 15) is 14.3 Å². The van der Waals surface area contributed by atoms with E-state index in [0.29, 0.717) is 4.90 Å². The molecule has 0 heterocycles. The van der Waals surface area contributed by atoms with Crippen LogP contribution in [-0.2, 0) is 4.79 Å². The van der Waals surface area contributed by atoms with Crippen LogP contribution in [0.15, 0.2) is 29.2 Å². The molecule has 0 amide bonds. The lowest BCUT2D eigenvalue weighted by atomic mass is 10.1. The molecule has 0 aliphatic rings. The Morgan fingerprint density at radius 2 is 2.27 bits per heavy atom. The number of carboxylic acid groups (broad SMARTS) is 1. The van der Waals surface area contributed by atoms with E-state index in [2.05, 4.69) is 0 Å². The minimum Gasteiger partial charge on any atom is -0.479 e. The van der Waals surface area contributed by atoms with Crippen molar-refractivity contribution in [3.8, 4) is 0 Å². The maximum Gasteiger partial charge on any atom is 0.336 e. The van der Waals surface area contributed by atoms with Gasteiger partial charge in [0.2, 0.25) is 0 Å². The third-order valence-electron chi connectivity index (χ3n) is 1.78. The molecule has 0 fully saturated rings. The number of aliphatic hydroxyl groups is 1. The summed E-state index contributed by atoms with van der Waals surface area (Å²) in [6.07, 6.45) is 0. The van der Waals surface area contributed by atoms with Crippen molar-refractivity contribution >= 4 is 17.7 Å². The number of halogens is 1. The Kier molecular flexibility index (Phi) is 3.71. The lowest BCUT2D eigenvalue weighted by Gasteiger charge is -2.16. The molecule has 1 aromatic carbocycles. The maximum absolute atomic E-state index is 12.8. The summed E-state index contributed by atoms with van der Waals surface area (Å²) in [5.41, 5.74) is -1.79. The molecule has 5 heteroatoms. The van der Waals surface area contributed by atoms with Crippen molar-refractivity contribution in [3.63, 3.8) is 0 Å². The molecule has 0 aliphatic heterocycles. The van der Waals surface area contributed by atoms with Crippen molar-refractivity contribution < 1.29 is 19.4 Å². The molecule has 0 spiro atoms. The van der Waals surface area contributed by atoms with Crippen molar-refractivity contribution in [2.45, 2.75) is 17.4 Å². The molecule has 0 saturated carbocycles. The third kappa shape index (κ3) is 3.53. The number of carbonyl (C=O) groups is 1. The normalized spacial score (nSPS) is 14.6. The molecule has 15 heavy (non-hydrogen) atoms. The molecule has 0 saturated heterocycles. The van der Waals surface area contributed by atoms with Gasteiger partial charge >= 0.3 is 5.97 Å². The zero-order chi connectivity index (χ0) is 11.5. The van der Waals surface area contributed by atoms with Crippen LogP contribution in [0.1, 0.15) is 6.92 Å². The predicted octanol–water partition coefficient (Wildman–Crippen LogP) is 1.75. The Labute approximate surface area is 90.9 Å². The fraction of sp³-hybridized carbons (Fsp3) is 0.300. The smallest absolute Gasteiger partial charge is 0.336 e. The second-order valence-corrected chi connectivity index (χ2v) is 4.37. The van der Waals surface area contributed by atoms with Crippen molar-refractivity contribution in [1.29, 1.82) is 0 Å². The number of aliphatic carboxylic acids is 1. The van der Waals surface area contributed by atoms with Crippen LogP contribution in [0.5, 0.6) is 0 Å². The van der Waals surface area contributed by atoms with E-state index in [4.69, 9.17) is 5.11 Å². The molecule has 0 unspecified atom stereocenters. The van der Waals surface area contributed by atoms with E-state index in [0.717, 1.165) is 11.8 Å². The standard InChI is InChI=1S/C10H11FO3S/c1-10(14,9(12)13)6-15-8-4-2-3-7(11)5-8/h2-5,14H,6H2,1H3,(H,12,13)/t10-/m1/s1. The summed E-state index contributed by atoms with van der Waals surface area (Å²) in [6.45, 7) is 1.21. The zero-order valence-electron chi connectivity index (χ0n) is 8.11. The van der Waals surface area contributed by atoms with Gasteiger partial charge in [-0.2, -0.15) is 0 Å². The Balaban J connectivity index is 2.61. The van der Waals surface area contributed by atoms with Crippen molar-refractivity contribution in [3.05, 3.63) is 30.1 Å². The van der Waals surface area contributed by atoms with Gasteiger partial charge in [0.15, 0.2) is 5.60 Å². The van der Waals surface area contributed by atoms with Gasteiger partial charge in [-0.3, -0.25) is 0 Å². The molecule has 0 bridgehead atoms. The van der Waals surface area contributed by atoms with Crippen LogP contribution in [0.3, 0.4) is 0 Å². The summed E-state index contributed by atoms with van der Waals surface area (Å²) in [7, 11) is 0. The first-order chi connectivity index (χ1) is 6.92. The minimum atomic E-state index is -1.79. The highest BCUT2D eigenvalue weighted by atomic mass is 32.2. The first-order valence-electron chi connectivity index (χ1n) is 4.26. The Bertz CT molecular complexity index is 365. The van der Waals surface area contributed by atoms with Crippen LogP contribution >= 0.6 is 11.8 Å². The summed E-state index contributed by atoms with van der Waals surface area (Å²) < 4.78 is 12.8. The highest BCUT2D eigenvalue weighted by Gasteiger charge is 2.29. The van der Waals surface area contributed by atoms with Gasteiger partial charge in [-0.1, -0.05) is 6.07 Å². The number of hydrogen-bond donors (Lipinski definition) is 2. The molecule has 1 rings (SSSR count). The SMILES string of the molecule is C[C@@](O)(CSc1cccc(F)c1)C(=O)O. The fourth-order valence-electron chi connectivity index (χ4n) is 0.842. The van der Waals surface area contributed by atoms with Crippen LogP contribution in [0, 0.1) is 5.82 Å². The molecular weight excluding hydrogens is 219 g/mol. The lowest BCUT2D eigenvalue weighted by molar-refractivity contribution is -0.154. The van der Waals surface area contributed by atoms with E-state index in [-0.39, 0.29) is 11.6 Å². The Morgan fingerprint density at radius 3 is 2.80 bits per heavy atom. The van der Waals surface area contributed by atoms with Crippen molar-refractivity contribution in [1.82, 2.24) is 0 Å². The average molecular weight is 230 g/mol. The Morgan fingerprint density at radius 1 is 1.60 bits per heavy atom. The second-order valence-electron chi connectivity index (χ2n) is 3.33. The number of rotatable bonds is 4. The van der Waals surface area contributed by atoms with Crippen LogP contribution in [0.25, 0.3) is 0 Å². The van der Waals surface area contributed by atoms with Crippen LogP contribution in [-0.4, -0.2) is 27.5 Å². The van der Waals surface area contributed by atoms with E-state index in [1.807, 2.05) is 0 Å². The average Bonchev–Trinajstić information content (AvgIpc) is 2.15. The Hall–Kier alpha value is -1.07. The molecule has 2 N–H and O–H groups in total. The number of hydrogen-bond acceptors (Lipinski definition) is 3. The number of thioether (sulfide) groups is 1. The molecule has 1 aromatic rings. The second kappa shape index (κ2) is 4.63. The van der Waals surface area contributed by atoms with Crippen molar-refractivity contribution in [2.75, 3.05) is 5.75 Å². The minimum absolute atomic E-state index is 0.0220. The van der Waals surface area contributed by atoms with E-state index >= 15 is 0 Å².